The minimum Gasteiger partial charge on any atom is -0.478 e. The van der Waals surface area contributed by atoms with Gasteiger partial charge in [0.15, 0.2) is 0 Å². The maximum Gasteiger partial charge on any atom is 0.338 e. The van der Waals surface area contributed by atoms with Crippen LogP contribution in [0.2, 0.25) is 0 Å². The SMILES string of the molecule is CC(C)(C)C1CCCN(Cc2cc(C(=O)O)co2)CC1. The van der Waals surface area contributed by atoms with Crippen LogP contribution in [0.3, 0.4) is 0 Å². The zero-order chi connectivity index (χ0) is 14.8. The predicted molar refractivity (Wildman–Crippen MR) is 77.7 cm³/mol. The van der Waals surface area contributed by atoms with E-state index in [1.165, 1.54) is 25.5 Å². The first-order valence-electron chi connectivity index (χ1n) is 7.39. The standard InChI is InChI=1S/C16H25NO3/c1-16(2,3)13-5-4-7-17(8-6-13)10-14-9-12(11-20-14)15(18)19/h9,11,13H,4-8,10H2,1-3H3,(H,18,19). The van der Waals surface area contributed by atoms with E-state index in [4.69, 9.17) is 9.52 Å². The van der Waals surface area contributed by atoms with Crippen LogP contribution in [0.1, 0.15) is 56.2 Å². The van der Waals surface area contributed by atoms with Crippen molar-refractivity contribution in [3.8, 4) is 0 Å². The van der Waals surface area contributed by atoms with Crippen molar-refractivity contribution in [2.45, 2.75) is 46.6 Å². The highest BCUT2D eigenvalue weighted by Crippen LogP contribution is 2.34. The summed E-state index contributed by atoms with van der Waals surface area (Å²) in [7, 11) is 0. The Kier molecular flexibility index (Phi) is 4.53. The van der Waals surface area contributed by atoms with E-state index in [9.17, 15) is 4.79 Å². The molecule has 1 aromatic rings. The van der Waals surface area contributed by atoms with Crippen LogP contribution in [0.15, 0.2) is 16.7 Å². The van der Waals surface area contributed by atoms with E-state index in [1.807, 2.05) is 0 Å². The minimum absolute atomic E-state index is 0.238. The summed E-state index contributed by atoms with van der Waals surface area (Å²) in [5, 5.41) is 8.90. The molecule has 0 aromatic carbocycles. The quantitative estimate of drug-likeness (QED) is 0.918. The Morgan fingerprint density at radius 1 is 1.40 bits per heavy atom. The normalized spacial score (nSPS) is 21.6. The zero-order valence-corrected chi connectivity index (χ0v) is 12.7. The second-order valence-corrected chi connectivity index (χ2v) is 6.88. The Morgan fingerprint density at radius 2 is 2.15 bits per heavy atom. The second kappa shape index (κ2) is 6.00. The van der Waals surface area contributed by atoms with Gasteiger partial charge >= 0.3 is 5.97 Å². The highest BCUT2D eigenvalue weighted by Gasteiger charge is 2.27. The molecule has 1 unspecified atom stereocenters. The van der Waals surface area contributed by atoms with Gasteiger partial charge in [-0.1, -0.05) is 20.8 Å². The summed E-state index contributed by atoms with van der Waals surface area (Å²) in [6.45, 7) is 9.79. The van der Waals surface area contributed by atoms with E-state index in [1.54, 1.807) is 6.07 Å². The van der Waals surface area contributed by atoms with Gasteiger partial charge in [0.2, 0.25) is 0 Å². The summed E-state index contributed by atoms with van der Waals surface area (Å²) in [5.74, 6) is 0.582. The monoisotopic (exact) mass is 279 g/mol. The van der Waals surface area contributed by atoms with E-state index >= 15 is 0 Å². The van der Waals surface area contributed by atoms with Gasteiger partial charge in [-0.3, -0.25) is 4.90 Å². The molecular formula is C16H25NO3. The van der Waals surface area contributed by atoms with Crippen LogP contribution >= 0.6 is 0 Å². The third-order valence-electron chi connectivity index (χ3n) is 4.33. The van der Waals surface area contributed by atoms with Crippen LogP contribution in [0.4, 0.5) is 0 Å². The molecule has 0 amide bonds. The number of nitrogens with zero attached hydrogens (tertiary/aromatic N) is 1. The second-order valence-electron chi connectivity index (χ2n) is 6.88. The number of carbonyl (C=O) groups is 1. The smallest absolute Gasteiger partial charge is 0.338 e. The summed E-state index contributed by atoms with van der Waals surface area (Å²) >= 11 is 0. The van der Waals surface area contributed by atoms with Crippen molar-refractivity contribution >= 4 is 5.97 Å². The Bertz CT molecular complexity index is 459. The molecule has 2 heterocycles. The van der Waals surface area contributed by atoms with Crippen molar-refractivity contribution < 1.29 is 14.3 Å². The molecule has 1 atom stereocenters. The summed E-state index contributed by atoms with van der Waals surface area (Å²) < 4.78 is 5.34. The largest absolute Gasteiger partial charge is 0.478 e. The van der Waals surface area contributed by atoms with Crippen LogP contribution in [0.25, 0.3) is 0 Å². The lowest BCUT2D eigenvalue weighted by Gasteiger charge is -2.29. The predicted octanol–water partition coefficient (Wildman–Crippen LogP) is 3.63. The molecule has 0 radical (unpaired) electrons. The van der Waals surface area contributed by atoms with Gasteiger partial charge in [0, 0.05) is 0 Å². The third kappa shape index (κ3) is 3.85. The molecule has 2 rings (SSSR count). The van der Waals surface area contributed by atoms with Gasteiger partial charge < -0.3 is 9.52 Å². The highest BCUT2D eigenvalue weighted by molar-refractivity contribution is 5.87. The number of hydrogen-bond acceptors (Lipinski definition) is 3. The van der Waals surface area contributed by atoms with Crippen molar-refractivity contribution in [3.63, 3.8) is 0 Å². The summed E-state index contributed by atoms with van der Waals surface area (Å²) in [6, 6.07) is 1.63. The van der Waals surface area contributed by atoms with Crippen molar-refractivity contribution in [1.29, 1.82) is 0 Å². The van der Waals surface area contributed by atoms with E-state index in [-0.39, 0.29) is 5.56 Å². The molecule has 1 saturated heterocycles. The molecule has 0 aliphatic carbocycles. The number of likely N-dealkylation sites (tertiary alicyclic amines) is 1. The van der Waals surface area contributed by atoms with Crippen LogP contribution in [0.5, 0.6) is 0 Å². The number of carboxylic acid groups (broad SMARTS) is 1. The van der Waals surface area contributed by atoms with Crippen LogP contribution in [-0.2, 0) is 6.54 Å². The molecule has 0 saturated carbocycles. The Labute approximate surface area is 120 Å². The van der Waals surface area contributed by atoms with E-state index in [0.717, 1.165) is 24.8 Å². The summed E-state index contributed by atoms with van der Waals surface area (Å²) in [6.07, 6.45) is 5.01. The van der Waals surface area contributed by atoms with Crippen molar-refractivity contribution in [1.82, 2.24) is 4.90 Å². The van der Waals surface area contributed by atoms with Crippen LogP contribution < -0.4 is 0 Å². The molecule has 4 nitrogen and oxygen atoms in total. The highest BCUT2D eigenvalue weighted by atomic mass is 16.4. The Hall–Kier alpha value is -1.29. The molecule has 4 heteroatoms. The lowest BCUT2D eigenvalue weighted by molar-refractivity contribution is 0.0696. The van der Waals surface area contributed by atoms with Crippen molar-refractivity contribution in [2.75, 3.05) is 13.1 Å². The summed E-state index contributed by atoms with van der Waals surface area (Å²) in [5.41, 5.74) is 0.611. The van der Waals surface area contributed by atoms with E-state index < -0.39 is 5.97 Å². The van der Waals surface area contributed by atoms with E-state index in [2.05, 4.69) is 25.7 Å². The van der Waals surface area contributed by atoms with Gasteiger partial charge in [-0.05, 0) is 49.8 Å². The number of hydrogen-bond donors (Lipinski definition) is 1. The van der Waals surface area contributed by atoms with Gasteiger partial charge in [0.25, 0.3) is 0 Å². The fraction of sp³-hybridized carbons (Fsp3) is 0.688. The van der Waals surface area contributed by atoms with Gasteiger partial charge in [-0.15, -0.1) is 0 Å². The number of aromatic carboxylic acids is 1. The number of furan rings is 1. The lowest BCUT2D eigenvalue weighted by Crippen LogP contribution is -2.25. The molecule has 20 heavy (non-hydrogen) atoms. The maximum absolute atomic E-state index is 10.8. The first-order valence-corrected chi connectivity index (χ1v) is 7.39. The maximum atomic E-state index is 10.8. The molecule has 0 bridgehead atoms. The minimum atomic E-state index is -0.927. The molecule has 1 aliphatic rings. The first kappa shape index (κ1) is 15.1. The van der Waals surface area contributed by atoms with Crippen LogP contribution in [0, 0.1) is 11.3 Å². The van der Waals surface area contributed by atoms with Gasteiger partial charge in [0.1, 0.15) is 12.0 Å². The zero-order valence-electron chi connectivity index (χ0n) is 12.7. The third-order valence-corrected chi connectivity index (χ3v) is 4.33. The number of carboxylic acids is 1. The van der Waals surface area contributed by atoms with Crippen LogP contribution in [-0.4, -0.2) is 29.1 Å². The molecule has 1 aromatic heterocycles. The van der Waals surface area contributed by atoms with E-state index in [0.29, 0.717) is 12.0 Å². The lowest BCUT2D eigenvalue weighted by atomic mass is 9.77. The van der Waals surface area contributed by atoms with Crippen molar-refractivity contribution in [2.24, 2.45) is 11.3 Å². The Balaban J connectivity index is 1.92. The molecule has 112 valence electrons. The molecule has 1 N–H and O–H groups in total. The van der Waals surface area contributed by atoms with Gasteiger partial charge in [-0.25, -0.2) is 4.79 Å². The van der Waals surface area contributed by atoms with Gasteiger partial charge in [-0.2, -0.15) is 0 Å². The Morgan fingerprint density at radius 3 is 2.75 bits per heavy atom. The fourth-order valence-electron chi connectivity index (χ4n) is 2.98. The summed E-state index contributed by atoms with van der Waals surface area (Å²) in [4.78, 5) is 13.2. The molecular weight excluding hydrogens is 254 g/mol. The average Bonchev–Trinajstić information content (AvgIpc) is 2.66. The fourth-order valence-corrected chi connectivity index (χ4v) is 2.98. The first-order chi connectivity index (χ1) is 9.36. The topological polar surface area (TPSA) is 53.7 Å². The van der Waals surface area contributed by atoms with Crippen molar-refractivity contribution in [3.05, 3.63) is 23.7 Å². The molecule has 1 fully saturated rings. The van der Waals surface area contributed by atoms with Gasteiger partial charge in [0.05, 0.1) is 12.1 Å². The number of rotatable bonds is 3. The molecule has 0 spiro atoms. The average molecular weight is 279 g/mol. The molecule has 1 aliphatic heterocycles.